The lowest BCUT2D eigenvalue weighted by molar-refractivity contribution is 0.373. The molecule has 3 nitrogen and oxygen atoms in total. The fourth-order valence-corrected chi connectivity index (χ4v) is 1.76. The first kappa shape index (κ1) is 10.1. The van der Waals surface area contributed by atoms with E-state index in [1.54, 1.807) is 24.5 Å². The summed E-state index contributed by atoms with van der Waals surface area (Å²) < 4.78 is 11.1. The zero-order chi connectivity index (χ0) is 10.8. The van der Waals surface area contributed by atoms with Gasteiger partial charge in [-0.2, -0.15) is 0 Å². The van der Waals surface area contributed by atoms with Crippen LogP contribution in [0.2, 0.25) is 0 Å². The van der Waals surface area contributed by atoms with Crippen LogP contribution >= 0.6 is 15.9 Å². The molecule has 1 N–H and O–H groups in total. The zero-order valence-electron chi connectivity index (χ0n) is 8.03. The summed E-state index contributed by atoms with van der Waals surface area (Å²) in [4.78, 5) is 0. The monoisotopic (exact) mass is 268 g/mol. The van der Waals surface area contributed by atoms with E-state index < -0.39 is 0 Å². The molecule has 0 radical (unpaired) electrons. The number of hydrogen-bond acceptors (Lipinski definition) is 3. The highest BCUT2D eigenvalue weighted by atomic mass is 79.9. The van der Waals surface area contributed by atoms with Gasteiger partial charge in [-0.05, 0) is 40.2 Å². The van der Waals surface area contributed by atoms with Crippen LogP contribution in [0, 0.1) is 0 Å². The van der Waals surface area contributed by atoms with E-state index in [9.17, 15) is 5.11 Å². The average molecular weight is 269 g/mol. The van der Waals surface area contributed by atoms with Crippen molar-refractivity contribution in [3.05, 3.63) is 35.0 Å². The number of ether oxygens (including phenoxy) is 1. The molecule has 1 heterocycles. The largest absolute Gasteiger partial charge is 0.504 e. The maximum absolute atomic E-state index is 9.60. The quantitative estimate of drug-likeness (QED) is 0.908. The number of halogens is 1. The van der Waals surface area contributed by atoms with Crippen LogP contribution < -0.4 is 4.74 Å². The predicted molar refractivity (Wildman–Crippen MR) is 60.1 cm³/mol. The molecule has 0 unspecified atom stereocenters. The van der Waals surface area contributed by atoms with Crippen molar-refractivity contribution in [2.45, 2.75) is 0 Å². The molecule has 0 fully saturated rings. The van der Waals surface area contributed by atoms with Gasteiger partial charge in [-0.3, -0.25) is 0 Å². The lowest BCUT2D eigenvalue weighted by Gasteiger charge is -2.04. The Labute approximate surface area is 95.4 Å². The number of phenols is 1. The van der Waals surface area contributed by atoms with Crippen LogP contribution in [0.25, 0.3) is 11.3 Å². The number of methoxy groups -OCH3 is 1. The number of rotatable bonds is 2. The second-order valence-electron chi connectivity index (χ2n) is 2.98. The number of aromatic hydroxyl groups is 1. The molecule has 1 aromatic heterocycles. The third kappa shape index (κ3) is 1.85. The Kier molecular flexibility index (Phi) is 2.68. The average Bonchev–Trinajstić information content (AvgIpc) is 2.64. The van der Waals surface area contributed by atoms with Crippen LogP contribution in [-0.2, 0) is 0 Å². The molecule has 2 rings (SSSR count). The highest BCUT2D eigenvalue weighted by Gasteiger charge is 2.09. The Morgan fingerprint density at radius 2 is 2.13 bits per heavy atom. The second-order valence-corrected chi connectivity index (χ2v) is 3.84. The van der Waals surface area contributed by atoms with Crippen LogP contribution in [0.1, 0.15) is 0 Å². The molecule has 0 saturated heterocycles. The van der Waals surface area contributed by atoms with Gasteiger partial charge in [0.2, 0.25) is 0 Å². The Morgan fingerprint density at radius 3 is 2.67 bits per heavy atom. The first-order valence-electron chi connectivity index (χ1n) is 4.32. The molecule has 78 valence electrons. The molecule has 0 amide bonds. The third-order valence-corrected chi connectivity index (χ3v) is 2.68. The lowest BCUT2D eigenvalue weighted by atomic mass is 10.1. The van der Waals surface area contributed by atoms with Crippen molar-refractivity contribution >= 4 is 15.9 Å². The Morgan fingerprint density at radius 1 is 1.33 bits per heavy atom. The Bertz CT molecular complexity index is 476. The maximum Gasteiger partial charge on any atom is 0.160 e. The van der Waals surface area contributed by atoms with E-state index in [-0.39, 0.29) is 5.75 Å². The number of benzene rings is 1. The van der Waals surface area contributed by atoms with Crippen molar-refractivity contribution in [2.24, 2.45) is 0 Å². The molecule has 2 aromatic rings. The molecule has 15 heavy (non-hydrogen) atoms. The summed E-state index contributed by atoms with van der Waals surface area (Å²) in [6.07, 6.45) is 1.58. The summed E-state index contributed by atoms with van der Waals surface area (Å²) in [6.45, 7) is 0. The summed E-state index contributed by atoms with van der Waals surface area (Å²) in [7, 11) is 1.51. The van der Waals surface area contributed by atoms with E-state index in [0.29, 0.717) is 11.5 Å². The Hall–Kier alpha value is -1.42. The smallest absolute Gasteiger partial charge is 0.160 e. The summed E-state index contributed by atoms with van der Waals surface area (Å²) in [6, 6.07) is 6.92. The van der Waals surface area contributed by atoms with E-state index in [0.717, 1.165) is 10.0 Å². The van der Waals surface area contributed by atoms with Gasteiger partial charge in [0.25, 0.3) is 0 Å². The fourth-order valence-electron chi connectivity index (χ4n) is 1.33. The van der Waals surface area contributed by atoms with Crippen LogP contribution in [0.3, 0.4) is 0 Å². The predicted octanol–water partition coefficient (Wildman–Crippen LogP) is 3.42. The van der Waals surface area contributed by atoms with Gasteiger partial charge < -0.3 is 14.3 Å². The van der Waals surface area contributed by atoms with Gasteiger partial charge in [0.1, 0.15) is 5.76 Å². The summed E-state index contributed by atoms with van der Waals surface area (Å²) in [5.41, 5.74) is 0.796. The molecular formula is C11H9BrO3. The van der Waals surface area contributed by atoms with Crippen LogP contribution in [0.5, 0.6) is 11.5 Å². The van der Waals surface area contributed by atoms with Crippen molar-refractivity contribution in [1.82, 2.24) is 0 Å². The molecule has 0 aliphatic rings. The SMILES string of the molecule is COc1ccc(-c2occc2Br)cc1O. The number of hydrogen-bond donors (Lipinski definition) is 1. The highest BCUT2D eigenvalue weighted by Crippen LogP contribution is 2.34. The minimum absolute atomic E-state index is 0.0956. The van der Waals surface area contributed by atoms with E-state index >= 15 is 0 Å². The fraction of sp³-hybridized carbons (Fsp3) is 0.0909. The minimum atomic E-state index is 0.0956. The highest BCUT2D eigenvalue weighted by molar-refractivity contribution is 9.10. The number of phenolic OH excluding ortho intramolecular Hbond substituents is 1. The molecule has 1 aromatic carbocycles. The normalized spacial score (nSPS) is 10.3. The topological polar surface area (TPSA) is 42.6 Å². The van der Waals surface area contributed by atoms with Crippen molar-refractivity contribution in [2.75, 3.05) is 7.11 Å². The summed E-state index contributed by atoms with van der Waals surface area (Å²) >= 11 is 3.36. The Balaban J connectivity index is 2.47. The van der Waals surface area contributed by atoms with E-state index in [1.807, 2.05) is 6.07 Å². The van der Waals surface area contributed by atoms with Crippen molar-refractivity contribution < 1.29 is 14.3 Å². The zero-order valence-corrected chi connectivity index (χ0v) is 9.61. The van der Waals surface area contributed by atoms with Gasteiger partial charge >= 0.3 is 0 Å². The van der Waals surface area contributed by atoms with Crippen molar-refractivity contribution in [3.8, 4) is 22.8 Å². The number of furan rings is 1. The lowest BCUT2D eigenvalue weighted by Crippen LogP contribution is -1.84. The van der Waals surface area contributed by atoms with Crippen molar-refractivity contribution in [1.29, 1.82) is 0 Å². The van der Waals surface area contributed by atoms with E-state index in [1.165, 1.54) is 7.11 Å². The van der Waals surface area contributed by atoms with Gasteiger partial charge in [-0.15, -0.1) is 0 Å². The standard InChI is InChI=1S/C11H9BrO3/c1-14-10-3-2-7(6-9(10)13)11-8(12)4-5-15-11/h2-6,13H,1H3. The second kappa shape index (κ2) is 3.98. The molecule has 0 aliphatic carbocycles. The van der Waals surface area contributed by atoms with Gasteiger partial charge in [0.15, 0.2) is 11.5 Å². The summed E-state index contributed by atoms with van der Waals surface area (Å²) in [5, 5.41) is 9.60. The third-order valence-electron chi connectivity index (χ3n) is 2.06. The van der Waals surface area contributed by atoms with Crippen LogP contribution in [0.4, 0.5) is 0 Å². The first-order valence-corrected chi connectivity index (χ1v) is 5.12. The van der Waals surface area contributed by atoms with Crippen LogP contribution in [-0.4, -0.2) is 12.2 Å². The molecule has 0 saturated carbocycles. The first-order chi connectivity index (χ1) is 7.22. The van der Waals surface area contributed by atoms with Crippen LogP contribution in [0.15, 0.2) is 39.4 Å². The minimum Gasteiger partial charge on any atom is -0.504 e. The van der Waals surface area contributed by atoms with Gasteiger partial charge in [-0.25, -0.2) is 0 Å². The molecule has 0 spiro atoms. The van der Waals surface area contributed by atoms with Gasteiger partial charge in [0, 0.05) is 5.56 Å². The molecular weight excluding hydrogens is 260 g/mol. The van der Waals surface area contributed by atoms with Gasteiger partial charge in [0.05, 0.1) is 17.8 Å². The molecule has 0 atom stereocenters. The molecule has 0 aliphatic heterocycles. The van der Waals surface area contributed by atoms with Gasteiger partial charge in [-0.1, -0.05) is 0 Å². The van der Waals surface area contributed by atoms with E-state index in [2.05, 4.69) is 15.9 Å². The van der Waals surface area contributed by atoms with E-state index in [4.69, 9.17) is 9.15 Å². The summed E-state index contributed by atoms with van der Waals surface area (Å²) in [5.74, 6) is 1.23. The molecule has 4 heteroatoms. The van der Waals surface area contributed by atoms with Crippen molar-refractivity contribution in [3.63, 3.8) is 0 Å². The molecule has 0 bridgehead atoms. The maximum atomic E-state index is 9.60.